The van der Waals surface area contributed by atoms with Gasteiger partial charge in [-0.1, -0.05) is 6.92 Å². The average molecular weight is 166 g/mol. The molecule has 0 unspecified atom stereocenters. The van der Waals surface area contributed by atoms with Crippen LogP contribution in [0.1, 0.15) is 35.6 Å². The van der Waals surface area contributed by atoms with Crippen molar-refractivity contribution in [3.05, 3.63) is 17.0 Å². The van der Waals surface area contributed by atoms with E-state index in [-0.39, 0.29) is 5.91 Å². The zero-order valence-electron chi connectivity index (χ0n) is 8.01. The summed E-state index contributed by atoms with van der Waals surface area (Å²) in [6.45, 7) is 7.46. The third-order valence-corrected chi connectivity index (χ3v) is 2.09. The first-order chi connectivity index (χ1) is 5.57. The summed E-state index contributed by atoms with van der Waals surface area (Å²) < 4.78 is 1.47. The molecule has 3 nitrogen and oxygen atoms in total. The fraction of sp³-hybridized carbons (Fsp3) is 0.556. The maximum atomic E-state index is 11.0. The lowest BCUT2D eigenvalue weighted by atomic mass is 10.1. The van der Waals surface area contributed by atoms with E-state index >= 15 is 0 Å². The Balaban J connectivity index is 3.26. The summed E-state index contributed by atoms with van der Waals surface area (Å²) in [5.74, 6) is -0.0182. The molecule has 1 heterocycles. The summed E-state index contributed by atoms with van der Waals surface area (Å²) in [6, 6.07) is 0. The minimum absolute atomic E-state index is 0.0182. The summed E-state index contributed by atoms with van der Waals surface area (Å²) in [6.07, 6.45) is 0.935. The van der Waals surface area contributed by atoms with E-state index in [9.17, 15) is 4.79 Å². The van der Waals surface area contributed by atoms with E-state index in [1.807, 2.05) is 13.8 Å². The van der Waals surface area contributed by atoms with Gasteiger partial charge in [0.2, 0.25) is 5.91 Å². The van der Waals surface area contributed by atoms with Crippen LogP contribution in [0.25, 0.3) is 0 Å². The molecule has 0 saturated carbocycles. The highest BCUT2D eigenvalue weighted by Gasteiger charge is 2.11. The third kappa shape index (κ3) is 1.26. The van der Waals surface area contributed by atoms with Crippen LogP contribution in [0.15, 0.2) is 0 Å². The predicted molar refractivity (Wildman–Crippen MR) is 47.4 cm³/mol. The molecule has 12 heavy (non-hydrogen) atoms. The van der Waals surface area contributed by atoms with Crippen molar-refractivity contribution in [3.8, 4) is 0 Å². The smallest absolute Gasteiger partial charge is 0.243 e. The lowest BCUT2D eigenvalue weighted by Crippen LogP contribution is -2.09. The third-order valence-electron chi connectivity index (χ3n) is 2.09. The maximum absolute atomic E-state index is 11.0. The van der Waals surface area contributed by atoms with E-state index in [1.54, 1.807) is 0 Å². The summed E-state index contributed by atoms with van der Waals surface area (Å²) in [5.41, 5.74) is 3.12. The van der Waals surface area contributed by atoms with Gasteiger partial charge in [-0.05, 0) is 25.8 Å². The molecule has 0 amide bonds. The Morgan fingerprint density at radius 3 is 2.33 bits per heavy atom. The molecule has 0 atom stereocenters. The molecule has 1 aromatic rings. The summed E-state index contributed by atoms with van der Waals surface area (Å²) in [4.78, 5) is 11.0. The molecule has 0 aliphatic carbocycles. The Morgan fingerprint density at radius 2 is 2.08 bits per heavy atom. The number of nitrogens with zero attached hydrogens (tertiary/aromatic N) is 2. The molecular formula is C9H14N2O. The first-order valence-electron chi connectivity index (χ1n) is 4.14. The van der Waals surface area contributed by atoms with Gasteiger partial charge in [-0.25, -0.2) is 4.68 Å². The highest BCUT2D eigenvalue weighted by molar-refractivity contribution is 5.76. The second-order valence-electron chi connectivity index (χ2n) is 2.93. The molecule has 0 saturated heterocycles. The van der Waals surface area contributed by atoms with E-state index in [2.05, 4.69) is 12.0 Å². The van der Waals surface area contributed by atoms with Crippen molar-refractivity contribution in [1.29, 1.82) is 0 Å². The van der Waals surface area contributed by atoms with Gasteiger partial charge in [0.25, 0.3) is 0 Å². The summed E-state index contributed by atoms with van der Waals surface area (Å²) in [7, 11) is 0. The number of carbonyl (C=O) groups excluding carboxylic acids is 1. The molecular weight excluding hydrogens is 152 g/mol. The number of hydrogen-bond donors (Lipinski definition) is 0. The maximum Gasteiger partial charge on any atom is 0.243 e. The van der Waals surface area contributed by atoms with Crippen LogP contribution in [0.4, 0.5) is 0 Å². The van der Waals surface area contributed by atoms with E-state index in [0.29, 0.717) is 0 Å². The highest BCUT2D eigenvalue weighted by Crippen LogP contribution is 2.12. The van der Waals surface area contributed by atoms with Gasteiger partial charge >= 0.3 is 0 Å². The van der Waals surface area contributed by atoms with Crippen LogP contribution < -0.4 is 0 Å². The van der Waals surface area contributed by atoms with Gasteiger partial charge in [-0.3, -0.25) is 4.79 Å². The van der Waals surface area contributed by atoms with Crippen LogP contribution in [0.3, 0.4) is 0 Å². The van der Waals surface area contributed by atoms with Gasteiger partial charge in [-0.2, -0.15) is 5.10 Å². The molecule has 0 radical (unpaired) electrons. The zero-order valence-corrected chi connectivity index (χ0v) is 8.01. The topological polar surface area (TPSA) is 34.9 Å². The molecule has 0 bridgehead atoms. The molecule has 0 aliphatic heterocycles. The molecule has 0 N–H and O–H groups in total. The molecule has 1 rings (SSSR count). The SMILES string of the molecule is CCc1c(C)nn(C(C)=O)c1C. The number of rotatable bonds is 1. The van der Waals surface area contributed by atoms with Crippen molar-refractivity contribution in [2.24, 2.45) is 0 Å². The van der Waals surface area contributed by atoms with Crippen LogP contribution >= 0.6 is 0 Å². The molecule has 0 fully saturated rings. The van der Waals surface area contributed by atoms with E-state index in [0.717, 1.165) is 17.8 Å². The van der Waals surface area contributed by atoms with Crippen molar-refractivity contribution in [2.45, 2.75) is 34.1 Å². The van der Waals surface area contributed by atoms with Crippen molar-refractivity contribution in [3.63, 3.8) is 0 Å². The number of carbonyl (C=O) groups is 1. The van der Waals surface area contributed by atoms with E-state index in [1.165, 1.54) is 17.2 Å². The molecule has 0 aromatic carbocycles. The summed E-state index contributed by atoms with van der Waals surface area (Å²) in [5, 5.41) is 4.15. The first-order valence-corrected chi connectivity index (χ1v) is 4.14. The van der Waals surface area contributed by atoms with Crippen molar-refractivity contribution in [2.75, 3.05) is 0 Å². The molecule has 0 aliphatic rings. The Labute approximate surface area is 72.4 Å². The Bertz CT molecular complexity index is 313. The number of aryl methyl sites for hydroxylation is 1. The van der Waals surface area contributed by atoms with Crippen LogP contribution in [0, 0.1) is 13.8 Å². The Hall–Kier alpha value is -1.12. The summed E-state index contributed by atoms with van der Waals surface area (Å²) >= 11 is 0. The molecule has 66 valence electrons. The van der Waals surface area contributed by atoms with E-state index < -0.39 is 0 Å². The van der Waals surface area contributed by atoms with Crippen LogP contribution in [-0.4, -0.2) is 15.7 Å². The number of hydrogen-bond acceptors (Lipinski definition) is 2. The minimum atomic E-state index is -0.0182. The fourth-order valence-electron chi connectivity index (χ4n) is 1.49. The first kappa shape index (κ1) is 8.97. The van der Waals surface area contributed by atoms with Gasteiger partial charge in [0, 0.05) is 12.6 Å². The van der Waals surface area contributed by atoms with Crippen LogP contribution in [-0.2, 0) is 6.42 Å². The van der Waals surface area contributed by atoms with Crippen LogP contribution in [0.5, 0.6) is 0 Å². The van der Waals surface area contributed by atoms with Gasteiger partial charge < -0.3 is 0 Å². The fourth-order valence-corrected chi connectivity index (χ4v) is 1.49. The van der Waals surface area contributed by atoms with Crippen molar-refractivity contribution < 1.29 is 4.79 Å². The van der Waals surface area contributed by atoms with Gasteiger partial charge in [0.15, 0.2) is 0 Å². The lowest BCUT2D eigenvalue weighted by Gasteiger charge is -1.97. The van der Waals surface area contributed by atoms with E-state index in [4.69, 9.17) is 0 Å². The van der Waals surface area contributed by atoms with Gasteiger partial charge in [0.05, 0.1) is 5.69 Å². The number of aromatic nitrogens is 2. The highest BCUT2D eigenvalue weighted by atomic mass is 16.2. The average Bonchev–Trinajstić information content (AvgIpc) is 2.27. The normalized spacial score (nSPS) is 10.3. The lowest BCUT2D eigenvalue weighted by molar-refractivity contribution is 0.0918. The largest absolute Gasteiger partial charge is 0.273 e. The standard InChI is InChI=1S/C9H14N2O/c1-5-9-6(2)10-11(7(9)3)8(4)12/h5H2,1-4H3. The molecule has 1 aromatic heterocycles. The minimum Gasteiger partial charge on any atom is -0.273 e. The second kappa shape index (κ2) is 3.09. The zero-order chi connectivity index (χ0) is 9.30. The monoisotopic (exact) mass is 166 g/mol. The van der Waals surface area contributed by atoms with Crippen molar-refractivity contribution >= 4 is 5.91 Å². The van der Waals surface area contributed by atoms with Crippen molar-refractivity contribution in [1.82, 2.24) is 9.78 Å². The Morgan fingerprint density at radius 1 is 1.50 bits per heavy atom. The van der Waals surface area contributed by atoms with Crippen LogP contribution in [0.2, 0.25) is 0 Å². The van der Waals surface area contributed by atoms with Gasteiger partial charge in [0.1, 0.15) is 0 Å². The molecule has 3 heteroatoms. The Kier molecular flexibility index (Phi) is 2.31. The van der Waals surface area contributed by atoms with Gasteiger partial charge in [-0.15, -0.1) is 0 Å². The second-order valence-corrected chi connectivity index (χ2v) is 2.93. The quantitative estimate of drug-likeness (QED) is 0.636. The molecule has 0 spiro atoms. The predicted octanol–water partition coefficient (Wildman–Crippen LogP) is 1.72.